The van der Waals surface area contributed by atoms with Gasteiger partial charge in [0.2, 0.25) is 0 Å². The zero-order valence-electron chi connectivity index (χ0n) is 11.8. The van der Waals surface area contributed by atoms with Gasteiger partial charge in [-0.3, -0.25) is 0 Å². The first-order valence-electron chi connectivity index (χ1n) is 7.75. The molecule has 0 radical (unpaired) electrons. The van der Waals surface area contributed by atoms with E-state index in [0.717, 1.165) is 31.2 Å². The van der Waals surface area contributed by atoms with Gasteiger partial charge in [0, 0.05) is 28.1 Å². The molecule has 1 aromatic carbocycles. The predicted octanol–water partition coefficient (Wildman–Crippen LogP) is 1.84. The number of hydrogen-bond acceptors (Lipinski definition) is 2. The lowest BCUT2D eigenvalue weighted by Gasteiger charge is -2.11. The molecule has 3 nitrogen and oxygen atoms in total. The average molecular weight is 273 g/mol. The van der Waals surface area contributed by atoms with Gasteiger partial charge < -0.3 is 4.98 Å². The fraction of sp³-hybridized carbons (Fsp3) is 0.333. The van der Waals surface area contributed by atoms with Crippen LogP contribution in [0.15, 0.2) is 4.99 Å². The molecule has 21 heavy (non-hydrogen) atoms. The number of hydrogen-bond donors (Lipinski definition) is 1. The van der Waals surface area contributed by atoms with E-state index in [2.05, 4.69) is 22.1 Å². The standard InChI is InChI=1S/C18H15N3/c19-8-15-16-10-5-3-6-11(10)18-17(13(16)9-20-15)12-4-1-2-7-14(12)21-18/h6,9,21H,1-5,7H2. The second kappa shape index (κ2) is 3.85. The highest BCUT2D eigenvalue weighted by Gasteiger charge is 2.25. The average Bonchev–Trinajstić information content (AvgIpc) is 3.21. The number of fused-ring (bicyclic) bond motifs is 8. The molecular formula is C18H15N3. The van der Waals surface area contributed by atoms with Crippen molar-refractivity contribution in [3.05, 3.63) is 32.8 Å². The van der Waals surface area contributed by atoms with Crippen molar-refractivity contribution >= 4 is 28.9 Å². The van der Waals surface area contributed by atoms with Crippen molar-refractivity contribution in [1.82, 2.24) is 4.98 Å². The molecule has 2 aromatic rings. The lowest BCUT2D eigenvalue weighted by molar-refractivity contribution is 0.680. The van der Waals surface area contributed by atoms with Crippen molar-refractivity contribution in [3.8, 4) is 6.07 Å². The minimum atomic E-state index is 0.601. The molecule has 3 aliphatic rings. The van der Waals surface area contributed by atoms with Crippen LogP contribution in [0.5, 0.6) is 0 Å². The summed E-state index contributed by atoms with van der Waals surface area (Å²) in [5.74, 6) is 0. The van der Waals surface area contributed by atoms with Crippen LogP contribution in [0, 0.1) is 11.3 Å². The summed E-state index contributed by atoms with van der Waals surface area (Å²) < 4.78 is 0. The van der Waals surface area contributed by atoms with Crippen molar-refractivity contribution in [1.29, 1.82) is 5.26 Å². The molecule has 1 N–H and O–H groups in total. The first-order valence-corrected chi connectivity index (χ1v) is 7.75. The van der Waals surface area contributed by atoms with Gasteiger partial charge in [0.05, 0.1) is 5.52 Å². The second-order valence-electron chi connectivity index (χ2n) is 6.18. The largest absolute Gasteiger partial charge is 0.358 e. The monoisotopic (exact) mass is 273 g/mol. The highest BCUT2D eigenvalue weighted by Crippen LogP contribution is 2.28. The third kappa shape index (κ3) is 1.30. The predicted molar refractivity (Wildman–Crippen MR) is 83.6 cm³/mol. The molecule has 0 saturated carbocycles. The minimum Gasteiger partial charge on any atom is -0.358 e. The van der Waals surface area contributed by atoms with E-state index in [4.69, 9.17) is 0 Å². The number of benzene rings is 1. The summed E-state index contributed by atoms with van der Waals surface area (Å²) in [6.45, 7) is 0. The summed E-state index contributed by atoms with van der Waals surface area (Å²) in [5.41, 5.74) is 7.21. The fourth-order valence-electron chi connectivity index (χ4n) is 4.28. The summed E-state index contributed by atoms with van der Waals surface area (Å²) in [5, 5.41) is 13.2. The third-order valence-electron chi connectivity index (χ3n) is 5.14. The number of aromatic nitrogens is 1. The Morgan fingerprint density at radius 2 is 2.00 bits per heavy atom. The van der Waals surface area contributed by atoms with E-state index in [0.29, 0.717) is 5.71 Å². The molecule has 1 aromatic heterocycles. The Morgan fingerprint density at radius 3 is 2.90 bits per heavy atom. The smallest absolute Gasteiger partial charge is 0.148 e. The van der Waals surface area contributed by atoms with Gasteiger partial charge in [0.15, 0.2) is 0 Å². The van der Waals surface area contributed by atoms with E-state index in [1.807, 2.05) is 6.20 Å². The number of rotatable bonds is 0. The second-order valence-corrected chi connectivity index (χ2v) is 6.18. The summed E-state index contributed by atoms with van der Waals surface area (Å²) >= 11 is 0. The molecule has 5 rings (SSSR count). The van der Waals surface area contributed by atoms with Gasteiger partial charge in [-0.05, 0) is 54.9 Å². The quantitative estimate of drug-likeness (QED) is 0.782. The van der Waals surface area contributed by atoms with Gasteiger partial charge in [0.1, 0.15) is 11.8 Å². The van der Waals surface area contributed by atoms with Crippen LogP contribution in [0.2, 0.25) is 0 Å². The molecule has 0 fully saturated rings. The van der Waals surface area contributed by atoms with E-state index in [1.165, 1.54) is 51.0 Å². The molecule has 3 heteroatoms. The molecule has 0 atom stereocenters. The van der Waals surface area contributed by atoms with Crippen LogP contribution < -0.4 is 10.4 Å². The number of nitrogens with one attached hydrogen (secondary N) is 1. The Hall–Kier alpha value is -2.34. The number of aromatic amines is 1. The number of nitriles is 1. The molecule has 2 aliphatic carbocycles. The normalized spacial score (nSPS) is 18.3. The molecular weight excluding hydrogens is 258 g/mol. The maximum atomic E-state index is 9.39. The highest BCUT2D eigenvalue weighted by atomic mass is 14.8. The Morgan fingerprint density at radius 1 is 1.10 bits per heavy atom. The number of H-pyrrole nitrogens is 1. The van der Waals surface area contributed by atoms with Gasteiger partial charge in [-0.1, -0.05) is 6.08 Å². The summed E-state index contributed by atoms with van der Waals surface area (Å²) in [6.07, 6.45) is 11.2. The van der Waals surface area contributed by atoms with Gasteiger partial charge in [-0.15, -0.1) is 0 Å². The molecule has 0 unspecified atom stereocenters. The lowest BCUT2D eigenvalue weighted by atomic mass is 9.91. The van der Waals surface area contributed by atoms with Crippen molar-refractivity contribution in [3.63, 3.8) is 0 Å². The van der Waals surface area contributed by atoms with Crippen LogP contribution in [-0.4, -0.2) is 10.7 Å². The Kier molecular flexibility index (Phi) is 2.08. The van der Waals surface area contributed by atoms with E-state index in [1.54, 1.807) is 0 Å². The van der Waals surface area contributed by atoms with E-state index in [-0.39, 0.29) is 0 Å². The minimum absolute atomic E-state index is 0.601. The van der Waals surface area contributed by atoms with Gasteiger partial charge in [0.25, 0.3) is 0 Å². The maximum absolute atomic E-state index is 9.39. The fourth-order valence-corrected chi connectivity index (χ4v) is 4.28. The van der Waals surface area contributed by atoms with Gasteiger partial charge in [-0.25, -0.2) is 4.99 Å². The van der Waals surface area contributed by atoms with Crippen LogP contribution in [0.1, 0.15) is 41.6 Å². The van der Waals surface area contributed by atoms with Gasteiger partial charge >= 0.3 is 0 Å². The van der Waals surface area contributed by atoms with Crippen molar-refractivity contribution in [2.75, 3.05) is 0 Å². The van der Waals surface area contributed by atoms with Crippen LogP contribution >= 0.6 is 0 Å². The first-order chi connectivity index (χ1) is 10.4. The molecule has 0 saturated heterocycles. The topological polar surface area (TPSA) is 51.9 Å². The number of aliphatic imine (C=N–C) groups is 1. The first kappa shape index (κ1) is 11.3. The Bertz CT molecular complexity index is 996. The van der Waals surface area contributed by atoms with Crippen LogP contribution in [0.3, 0.4) is 0 Å². The zero-order valence-corrected chi connectivity index (χ0v) is 11.8. The van der Waals surface area contributed by atoms with Crippen molar-refractivity contribution in [2.24, 2.45) is 4.99 Å². The molecule has 102 valence electrons. The van der Waals surface area contributed by atoms with Crippen molar-refractivity contribution in [2.45, 2.75) is 38.5 Å². The maximum Gasteiger partial charge on any atom is 0.148 e. The molecule has 1 aliphatic heterocycles. The molecule has 2 heterocycles. The van der Waals surface area contributed by atoms with E-state index < -0.39 is 0 Å². The van der Waals surface area contributed by atoms with E-state index >= 15 is 0 Å². The Balaban J connectivity index is 2.03. The van der Waals surface area contributed by atoms with Gasteiger partial charge in [-0.2, -0.15) is 5.26 Å². The summed E-state index contributed by atoms with van der Waals surface area (Å²) in [6, 6.07) is 2.28. The Labute approximate surface area is 122 Å². The number of aryl methyl sites for hydroxylation is 2. The van der Waals surface area contributed by atoms with Crippen LogP contribution in [-0.2, 0) is 19.3 Å². The zero-order chi connectivity index (χ0) is 14.0. The van der Waals surface area contributed by atoms with Crippen LogP contribution in [0.25, 0.3) is 23.2 Å². The van der Waals surface area contributed by atoms with E-state index in [9.17, 15) is 5.26 Å². The third-order valence-corrected chi connectivity index (χ3v) is 5.14. The molecule has 0 bridgehead atoms. The molecule has 0 spiro atoms. The SMILES string of the molecule is N#CC1=NC=c2c1c1c(c3[nH]c4c(c23)CCCC4)=CCC1. The number of nitrogens with zero attached hydrogens (tertiary/aromatic N) is 2. The lowest BCUT2D eigenvalue weighted by Crippen LogP contribution is -2.22. The summed E-state index contributed by atoms with van der Waals surface area (Å²) in [4.78, 5) is 8.07. The molecule has 0 amide bonds. The van der Waals surface area contributed by atoms with Crippen LogP contribution in [0.4, 0.5) is 0 Å². The summed E-state index contributed by atoms with van der Waals surface area (Å²) in [7, 11) is 0. The highest BCUT2D eigenvalue weighted by molar-refractivity contribution is 6.17. The van der Waals surface area contributed by atoms with Crippen molar-refractivity contribution < 1.29 is 0 Å².